The van der Waals surface area contributed by atoms with Gasteiger partial charge in [-0.15, -0.1) is 11.3 Å². The molecule has 2 aromatic heterocycles. The lowest BCUT2D eigenvalue weighted by atomic mass is 10.0. The fourth-order valence-electron chi connectivity index (χ4n) is 2.24. The normalized spacial score (nSPS) is 12.9. The molecule has 0 saturated heterocycles. The number of fused-ring (bicyclic) bond motifs is 1. The first kappa shape index (κ1) is 13.2. The highest BCUT2D eigenvalue weighted by molar-refractivity contribution is 7.15. The molecule has 104 valence electrons. The van der Waals surface area contributed by atoms with Gasteiger partial charge in [-0.05, 0) is 24.1 Å². The Hall–Kier alpha value is -1.76. The maximum Gasteiger partial charge on any atom is 0.193 e. The number of aromatic nitrogens is 2. The average molecular weight is 290 g/mol. The molecule has 3 N–H and O–H groups in total. The van der Waals surface area contributed by atoms with Crippen LogP contribution in [-0.2, 0) is 6.42 Å². The van der Waals surface area contributed by atoms with Crippen molar-refractivity contribution in [3.63, 3.8) is 0 Å². The summed E-state index contributed by atoms with van der Waals surface area (Å²) in [5.74, 6) is 5.43. The van der Waals surface area contributed by atoms with E-state index in [0.717, 1.165) is 16.2 Å². The number of hydrogen-bond donors (Lipinski definition) is 2. The third-order valence-electron chi connectivity index (χ3n) is 3.34. The van der Waals surface area contributed by atoms with Crippen LogP contribution in [0.2, 0.25) is 0 Å². The van der Waals surface area contributed by atoms with Crippen molar-refractivity contribution in [2.45, 2.75) is 19.4 Å². The number of nitrogens with one attached hydrogen (secondary N) is 1. The molecule has 4 nitrogen and oxygen atoms in total. The van der Waals surface area contributed by atoms with Crippen LogP contribution in [0, 0.1) is 12.7 Å². The number of thiazole rings is 1. The molecule has 20 heavy (non-hydrogen) atoms. The van der Waals surface area contributed by atoms with Crippen LogP contribution in [0.4, 0.5) is 4.39 Å². The van der Waals surface area contributed by atoms with E-state index in [9.17, 15) is 4.39 Å². The summed E-state index contributed by atoms with van der Waals surface area (Å²) in [6, 6.07) is 4.96. The summed E-state index contributed by atoms with van der Waals surface area (Å²) in [6.45, 7) is 1.75. The second kappa shape index (κ2) is 5.32. The van der Waals surface area contributed by atoms with E-state index in [2.05, 4.69) is 10.4 Å². The van der Waals surface area contributed by atoms with Gasteiger partial charge in [0.15, 0.2) is 4.96 Å². The molecule has 6 heteroatoms. The Morgan fingerprint density at radius 1 is 1.50 bits per heavy atom. The van der Waals surface area contributed by atoms with E-state index in [4.69, 9.17) is 5.84 Å². The summed E-state index contributed by atoms with van der Waals surface area (Å²) in [5.41, 5.74) is 5.32. The molecule has 1 unspecified atom stereocenters. The molecule has 0 aliphatic carbocycles. The van der Waals surface area contributed by atoms with E-state index in [1.54, 1.807) is 24.3 Å². The van der Waals surface area contributed by atoms with E-state index in [1.807, 2.05) is 28.2 Å². The minimum absolute atomic E-state index is 0.0843. The largest absolute Gasteiger partial charge is 0.297 e. The Balaban J connectivity index is 1.85. The topological polar surface area (TPSA) is 55.3 Å². The molecule has 0 fully saturated rings. The minimum atomic E-state index is -0.202. The molecule has 0 aliphatic rings. The summed E-state index contributed by atoms with van der Waals surface area (Å²) < 4.78 is 15.3. The number of benzene rings is 1. The van der Waals surface area contributed by atoms with Gasteiger partial charge < -0.3 is 0 Å². The van der Waals surface area contributed by atoms with Crippen molar-refractivity contribution in [1.29, 1.82) is 0 Å². The molecule has 0 aliphatic heterocycles. The Morgan fingerprint density at radius 3 is 3.05 bits per heavy atom. The molecular weight excluding hydrogens is 275 g/mol. The standard InChI is InChI=1S/C14H15FN4S/c1-9-6-10(2-3-12(9)15)13(18-16)7-11-8-19-4-5-20-14(19)17-11/h2-6,8,13,18H,7,16H2,1H3. The summed E-state index contributed by atoms with van der Waals surface area (Å²) in [4.78, 5) is 5.50. The molecule has 0 spiro atoms. The zero-order valence-corrected chi connectivity index (χ0v) is 11.8. The predicted molar refractivity (Wildman–Crippen MR) is 78.0 cm³/mol. The lowest BCUT2D eigenvalue weighted by Crippen LogP contribution is -2.29. The predicted octanol–water partition coefficient (Wildman–Crippen LogP) is 2.59. The molecule has 1 aromatic carbocycles. The van der Waals surface area contributed by atoms with Gasteiger partial charge >= 0.3 is 0 Å². The number of rotatable bonds is 4. The third kappa shape index (κ3) is 2.45. The van der Waals surface area contributed by atoms with Crippen molar-refractivity contribution in [2.24, 2.45) is 5.84 Å². The van der Waals surface area contributed by atoms with Gasteiger partial charge in [0.1, 0.15) is 5.82 Å². The van der Waals surface area contributed by atoms with Crippen LogP contribution >= 0.6 is 11.3 Å². The molecule has 0 radical (unpaired) electrons. The van der Waals surface area contributed by atoms with Crippen molar-refractivity contribution >= 4 is 16.3 Å². The van der Waals surface area contributed by atoms with Crippen LogP contribution < -0.4 is 11.3 Å². The highest BCUT2D eigenvalue weighted by atomic mass is 32.1. The number of nitrogens with zero attached hydrogens (tertiary/aromatic N) is 2. The van der Waals surface area contributed by atoms with Crippen molar-refractivity contribution in [1.82, 2.24) is 14.8 Å². The summed E-state index contributed by atoms with van der Waals surface area (Å²) in [7, 11) is 0. The first-order valence-corrected chi connectivity index (χ1v) is 7.18. The molecule has 1 atom stereocenters. The summed E-state index contributed by atoms with van der Waals surface area (Å²) >= 11 is 1.59. The summed E-state index contributed by atoms with van der Waals surface area (Å²) in [6.07, 6.45) is 4.63. The van der Waals surface area contributed by atoms with Gasteiger partial charge in [-0.1, -0.05) is 12.1 Å². The Kier molecular flexibility index (Phi) is 3.52. The maximum atomic E-state index is 13.3. The molecular formula is C14H15FN4S. The molecule has 0 amide bonds. The van der Waals surface area contributed by atoms with E-state index in [-0.39, 0.29) is 11.9 Å². The van der Waals surface area contributed by atoms with Gasteiger partial charge in [-0.2, -0.15) is 0 Å². The number of hydrogen-bond acceptors (Lipinski definition) is 4. The Labute approximate surface area is 120 Å². The van der Waals surface area contributed by atoms with E-state index >= 15 is 0 Å². The van der Waals surface area contributed by atoms with Crippen LogP contribution in [0.3, 0.4) is 0 Å². The van der Waals surface area contributed by atoms with Crippen LogP contribution in [0.25, 0.3) is 4.96 Å². The Morgan fingerprint density at radius 2 is 2.35 bits per heavy atom. The third-order valence-corrected chi connectivity index (χ3v) is 4.11. The first-order valence-electron chi connectivity index (χ1n) is 6.30. The monoisotopic (exact) mass is 290 g/mol. The van der Waals surface area contributed by atoms with Gasteiger partial charge in [0.2, 0.25) is 0 Å². The second-order valence-corrected chi connectivity index (χ2v) is 5.63. The second-order valence-electron chi connectivity index (χ2n) is 4.76. The number of nitrogens with two attached hydrogens (primary N) is 1. The molecule has 0 bridgehead atoms. The van der Waals surface area contributed by atoms with Gasteiger partial charge in [0, 0.05) is 24.2 Å². The van der Waals surface area contributed by atoms with Crippen molar-refractivity contribution in [2.75, 3.05) is 0 Å². The lowest BCUT2D eigenvalue weighted by Gasteiger charge is -2.15. The van der Waals surface area contributed by atoms with Gasteiger partial charge in [-0.3, -0.25) is 15.7 Å². The van der Waals surface area contributed by atoms with Crippen LogP contribution in [0.1, 0.15) is 22.9 Å². The Bertz CT molecular complexity index is 705. The van der Waals surface area contributed by atoms with Crippen LogP contribution in [-0.4, -0.2) is 9.38 Å². The van der Waals surface area contributed by atoms with E-state index in [0.29, 0.717) is 12.0 Å². The average Bonchev–Trinajstić information content (AvgIpc) is 3.00. The fourth-order valence-corrected chi connectivity index (χ4v) is 2.96. The van der Waals surface area contributed by atoms with Crippen LogP contribution in [0.15, 0.2) is 36.0 Å². The summed E-state index contributed by atoms with van der Waals surface area (Å²) in [5, 5.41) is 1.99. The maximum absolute atomic E-state index is 13.3. The van der Waals surface area contributed by atoms with Gasteiger partial charge in [-0.25, -0.2) is 9.37 Å². The minimum Gasteiger partial charge on any atom is -0.297 e. The zero-order chi connectivity index (χ0) is 14.1. The number of aryl methyl sites for hydroxylation is 1. The van der Waals surface area contributed by atoms with Crippen molar-refractivity contribution in [3.05, 3.63) is 58.6 Å². The smallest absolute Gasteiger partial charge is 0.193 e. The molecule has 0 saturated carbocycles. The van der Waals surface area contributed by atoms with Gasteiger partial charge in [0.25, 0.3) is 0 Å². The van der Waals surface area contributed by atoms with Gasteiger partial charge in [0.05, 0.1) is 11.7 Å². The van der Waals surface area contributed by atoms with Crippen molar-refractivity contribution < 1.29 is 4.39 Å². The molecule has 2 heterocycles. The molecule has 3 aromatic rings. The SMILES string of the molecule is Cc1cc(C(Cc2cn3ccsc3n2)NN)ccc1F. The number of halogens is 1. The number of imidazole rings is 1. The van der Waals surface area contributed by atoms with E-state index < -0.39 is 0 Å². The number of hydrazine groups is 1. The fraction of sp³-hybridized carbons (Fsp3) is 0.214. The highest BCUT2D eigenvalue weighted by Crippen LogP contribution is 2.21. The highest BCUT2D eigenvalue weighted by Gasteiger charge is 2.14. The lowest BCUT2D eigenvalue weighted by molar-refractivity contribution is 0.543. The quantitative estimate of drug-likeness (QED) is 0.573. The van der Waals surface area contributed by atoms with Crippen molar-refractivity contribution in [3.8, 4) is 0 Å². The zero-order valence-electron chi connectivity index (χ0n) is 11.0. The molecule has 3 rings (SSSR count). The first-order chi connectivity index (χ1) is 9.67. The van der Waals surface area contributed by atoms with Crippen LogP contribution in [0.5, 0.6) is 0 Å². The van der Waals surface area contributed by atoms with E-state index in [1.165, 1.54) is 6.07 Å².